The summed E-state index contributed by atoms with van der Waals surface area (Å²) in [4.78, 5) is 7.12. The minimum Gasteiger partial charge on any atom is -0.411 e. The molecular formula is C15H21N3O. The summed E-state index contributed by atoms with van der Waals surface area (Å²) in [6, 6.07) is 8.34. The van der Waals surface area contributed by atoms with Crippen LogP contribution in [0.15, 0.2) is 34.4 Å². The van der Waals surface area contributed by atoms with E-state index in [1.807, 2.05) is 24.3 Å². The Morgan fingerprint density at radius 2 is 2.11 bits per heavy atom. The largest absolute Gasteiger partial charge is 0.411 e. The van der Waals surface area contributed by atoms with Crippen molar-refractivity contribution in [2.45, 2.75) is 32.7 Å². The lowest BCUT2D eigenvalue weighted by atomic mass is 10.0. The second-order valence-electron chi connectivity index (χ2n) is 5.16. The standard InChI is InChI=1S/C15H21N3O/c1-11-10-13(8-9-18(11)3)16-15-7-5-4-6-14(15)12(2)17-19/h4-7,11,19H,8-10H2,1-3H3/b16-13?,17-12+. The number of nitrogens with zero attached hydrogens (tertiary/aromatic N) is 3. The Morgan fingerprint density at radius 1 is 1.37 bits per heavy atom. The molecule has 1 aromatic carbocycles. The van der Waals surface area contributed by atoms with Crippen LogP contribution in [0.5, 0.6) is 0 Å². The molecule has 0 spiro atoms. The zero-order valence-corrected chi connectivity index (χ0v) is 11.8. The number of benzene rings is 1. The summed E-state index contributed by atoms with van der Waals surface area (Å²) in [6.45, 7) is 5.06. The van der Waals surface area contributed by atoms with Gasteiger partial charge in [0.2, 0.25) is 0 Å². The Kier molecular flexibility index (Phi) is 4.32. The van der Waals surface area contributed by atoms with Crippen molar-refractivity contribution in [1.29, 1.82) is 0 Å². The van der Waals surface area contributed by atoms with Gasteiger partial charge in [0, 0.05) is 30.3 Å². The van der Waals surface area contributed by atoms with Crippen LogP contribution in [0, 0.1) is 0 Å². The molecule has 0 amide bonds. The molecule has 0 aromatic heterocycles. The normalized spacial score (nSPS) is 23.8. The quantitative estimate of drug-likeness (QED) is 0.504. The Morgan fingerprint density at radius 3 is 2.79 bits per heavy atom. The molecule has 2 rings (SSSR count). The van der Waals surface area contributed by atoms with E-state index in [0.717, 1.165) is 30.6 Å². The van der Waals surface area contributed by atoms with Gasteiger partial charge in [0.25, 0.3) is 0 Å². The minimum absolute atomic E-state index is 0.535. The lowest BCUT2D eigenvalue weighted by Crippen LogP contribution is -2.37. The fourth-order valence-corrected chi connectivity index (χ4v) is 2.33. The predicted octanol–water partition coefficient (Wildman–Crippen LogP) is 3.07. The van der Waals surface area contributed by atoms with Crippen molar-refractivity contribution in [2.24, 2.45) is 10.1 Å². The van der Waals surface area contributed by atoms with Crippen LogP contribution in [0.3, 0.4) is 0 Å². The SMILES string of the molecule is C/C(=N\O)c1ccccc1N=C1CCN(C)C(C)C1. The second-order valence-corrected chi connectivity index (χ2v) is 5.16. The smallest absolute Gasteiger partial charge is 0.0858 e. The average Bonchev–Trinajstić information content (AvgIpc) is 2.43. The third-order valence-electron chi connectivity index (χ3n) is 3.76. The van der Waals surface area contributed by atoms with E-state index in [-0.39, 0.29) is 0 Å². The molecule has 4 heteroatoms. The Bertz CT molecular complexity index is 508. The predicted molar refractivity (Wildman–Crippen MR) is 78.9 cm³/mol. The highest BCUT2D eigenvalue weighted by Crippen LogP contribution is 2.23. The van der Waals surface area contributed by atoms with Gasteiger partial charge in [-0.15, -0.1) is 0 Å². The molecule has 1 heterocycles. The van der Waals surface area contributed by atoms with Crippen LogP contribution in [0.1, 0.15) is 32.3 Å². The summed E-state index contributed by atoms with van der Waals surface area (Å²) >= 11 is 0. The fraction of sp³-hybridized carbons (Fsp3) is 0.467. The van der Waals surface area contributed by atoms with Crippen LogP contribution >= 0.6 is 0 Å². The molecule has 1 unspecified atom stereocenters. The summed E-state index contributed by atoms with van der Waals surface area (Å²) in [5.74, 6) is 0. The molecule has 0 bridgehead atoms. The summed E-state index contributed by atoms with van der Waals surface area (Å²) in [5, 5.41) is 12.2. The zero-order valence-electron chi connectivity index (χ0n) is 11.8. The molecule has 1 aliphatic rings. The fourth-order valence-electron chi connectivity index (χ4n) is 2.33. The summed E-state index contributed by atoms with van der Waals surface area (Å²) in [5.41, 5.74) is 3.61. The lowest BCUT2D eigenvalue weighted by Gasteiger charge is -2.30. The summed E-state index contributed by atoms with van der Waals surface area (Å²) < 4.78 is 0. The molecule has 1 saturated heterocycles. The van der Waals surface area contributed by atoms with Gasteiger partial charge in [0.15, 0.2) is 0 Å². The van der Waals surface area contributed by atoms with E-state index in [1.165, 1.54) is 5.71 Å². The van der Waals surface area contributed by atoms with E-state index in [9.17, 15) is 0 Å². The van der Waals surface area contributed by atoms with Gasteiger partial charge in [0.1, 0.15) is 0 Å². The lowest BCUT2D eigenvalue weighted by molar-refractivity contribution is 0.253. The van der Waals surface area contributed by atoms with Crippen molar-refractivity contribution in [3.63, 3.8) is 0 Å². The highest BCUT2D eigenvalue weighted by atomic mass is 16.4. The maximum atomic E-state index is 8.93. The van der Waals surface area contributed by atoms with E-state index in [4.69, 9.17) is 10.2 Å². The number of hydrogen-bond acceptors (Lipinski definition) is 4. The average molecular weight is 259 g/mol. The van der Waals surface area contributed by atoms with Crippen molar-refractivity contribution in [3.8, 4) is 0 Å². The van der Waals surface area contributed by atoms with Gasteiger partial charge < -0.3 is 10.1 Å². The molecule has 0 saturated carbocycles. The van der Waals surface area contributed by atoms with Crippen LogP contribution in [0.2, 0.25) is 0 Å². The molecule has 1 atom stereocenters. The number of aliphatic imine (C=N–C) groups is 1. The first-order chi connectivity index (χ1) is 9.11. The van der Waals surface area contributed by atoms with Crippen LogP contribution in [0.4, 0.5) is 5.69 Å². The van der Waals surface area contributed by atoms with Crippen molar-refractivity contribution in [1.82, 2.24) is 4.90 Å². The summed E-state index contributed by atoms with van der Waals surface area (Å²) in [7, 11) is 2.15. The second kappa shape index (κ2) is 5.97. The molecule has 1 N–H and O–H groups in total. The molecule has 19 heavy (non-hydrogen) atoms. The molecule has 102 valence electrons. The van der Waals surface area contributed by atoms with Crippen molar-refractivity contribution < 1.29 is 5.21 Å². The van der Waals surface area contributed by atoms with Gasteiger partial charge in [-0.2, -0.15) is 0 Å². The minimum atomic E-state index is 0.535. The molecule has 4 nitrogen and oxygen atoms in total. The zero-order chi connectivity index (χ0) is 13.8. The number of oxime groups is 1. The number of piperidine rings is 1. The van der Waals surface area contributed by atoms with Gasteiger partial charge in [-0.3, -0.25) is 4.99 Å². The van der Waals surface area contributed by atoms with E-state index in [2.05, 4.69) is 24.0 Å². The van der Waals surface area contributed by atoms with Crippen molar-refractivity contribution >= 4 is 17.1 Å². The first-order valence-corrected chi connectivity index (χ1v) is 6.66. The number of para-hydroxylation sites is 1. The molecular weight excluding hydrogens is 238 g/mol. The van der Waals surface area contributed by atoms with Gasteiger partial charge in [-0.1, -0.05) is 23.4 Å². The van der Waals surface area contributed by atoms with E-state index in [1.54, 1.807) is 6.92 Å². The number of likely N-dealkylation sites (tertiary alicyclic amines) is 1. The topological polar surface area (TPSA) is 48.2 Å². The van der Waals surface area contributed by atoms with Crippen LogP contribution in [-0.2, 0) is 0 Å². The maximum absolute atomic E-state index is 8.93. The van der Waals surface area contributed by atoms with Crippen LogP contribution < -0.4 is 0 Å². The van der Waals surface area contributed by atoms with Gasteiger partial charge in [0.05, 0.1) is 11.4 Å². The summed E-state index contributed by atoms with van der Waals surface area (Å²) in [6.07, 6.45) is 2.00. The van der Waals surface area contributed by atoms with Gasteiger partial charge in [-0.25, -0.2) is 0 Å². The molecule has 1 aromatic rings. The molecule has 1 fully saturated rings. The highest BCUT2D eigenvalue weighted by Gasteiger charge is 2.19. The highest BCUT2D eigenvalue weighted by molar-refractivity contribution is 6.03. The number of rotatable bonds is 2. The first-order valence-electron chi connectivity index (χ1n) is 6.66. The monoisotopic (exact) mass is 259 g/mol. The molecule has 0 radical (unpaired) electrons. The molecule has 1 aliphatic heterocycles. The van der Waals surface area contributed by atoms with Gasteiger partial charge in [-0.05, 0) is 33.4 Å². The Labute approximate surface area is 114 Å². The van der Waals surface area contributed by atoms with Crippen LogP contribution in [0.25, 0.3) is 0 Å². The number of hydrogen-bond donors (Lipinski definition) is 1. The Hall–Kier alpha value is -1.68. The molecule has 0 aliphatic carbocycles. The first kappa shape index (κ1) is 13.7. The third kappa shape index (κ3) is 3.20. The van der Waals surface area contributed by atoms with E-state index < -0.39 is 0 Å². The Balaban J connectivity index is 2.28. The van der Waals surface area contributed by atoms with Crippen molar-refractivity contribution in [3.05, 3.63) is 29.8 Å². The van der Waals surface area contributed by atoms with Gasteiger partial charge >= 0.3 is 0 Å². The van der Waals surface area contributed by atoms with E-state index >= 15 is 0 Å². The van der Waals surface area contributed by atoms with Crippen LogP contribution in [-0.4, -0.2) is 41.2 Å². The van der Waals surface area contributed by atoms with Crippen molar-refractivity contribution in [2.75, 3.05) is 13.6 Å². The van der Waals surface area contributed by atoms with E-state index in [0.29, 0.717) is 11.8 Å². The third-order valence-corrected chi connectivity index (χ3v) is 3.76. The maximum Gasteiger partial charge on any atom is 0.0858 e.